The van der Waals surface area contributed by atoms with E-state index < -0.39 is 0 Å². The van der Waals surface area contributed by atoms with Gasteiger partial charge in [0.25, 0.3) is 0 Å². The lowest BCUT2D eigenvalue weighted by atomic mass is 9.96. The second-order valence-electron chi connectivity index (χ2n) is 4.35. The summed E-state index contributed by atoms with van der Waals surface area (Å²) in [5, 5.41) is 0. The van der Waals surface area contributed by atoms with Gasteiger partial charge in [0.1, 0.15) is 0 Å². The smallest absolute Gasteiger partial charge is 0.0704 e. The van der Waals surface area contributed by atoms with Gasteiger partial charge in [0.15, 0.2) is 0 Å². The van der Waals surface area contributed by atoms with Gasteiger partial charge in [-0.1, -0.05) is 48.9 Å². The topological polar surface area (TPSA) is 12.9 Å². The molecule has 0 saturated carbocycles. The Labute approximate surface area is 109 Å². The highest BCUT2D eigenvalue weighted by Gasteiger charge is 2.06. The Morgan fingerprint density at radius 3 is 2.56 bits per heavy atom. The lowest BCUT2D eigenvalue weighted by Gasteiger charge is -2.10. The van der Waals surface area contributed by atoms with E-state index in [9.17, 15) is 0 Å². The van der Waals surface area contributed by atoms with Crippen LogP contribution >= 0.6 is 0 Å². The second-order valence-corrected chi connectivity index (χ2v) is 4.35. The minimum atomic E-state index is 1.01. The molecule has 0 saturated heterocycles. The molecule has 2 aromatic rings. The van der Waals surface area contributed by atoms with Crippen LogP contribution in [0.3, 0.4) is 0 Å². The zero-order valence-corrected chi connectivity index (χ0v) is 11.1. The first-order valence-electron chi connectivity index (χ1n) is 6.48. The van der Waals surface area contributed by atoms with Gasteiger partial charge in [0.2, 0.25) is 0 Å². The Morgan fingerprint density at radius 1 is 1.11 bits per heavy atom. The third-order valence-corrected chi connectivity index (χ3v) is 3.24. The number of hydrogen-bond donors (Lipinski definition) is 0. The zero-order chi connectivity index (χ0) is 12.8. The molecule has 92 valence electrons. The van der Waals surface area contributed by atoms with Gasteiger partial charge < -0.3 is 0 Å². The van der Waals surface area contributed by atoms with Gasteiger partial charge in [-0.05, 0) is 37.5 Å². The molecule has 0 unspecified atom stereocenters. The maximum Gasteiger partial charge on any atom is 0.0704 e. The van der Waals surface area contributed by atoms with Crippen LogP contribution in [0.5, 0.6) is 0 Å². The Morgan fingerprint density at radius 2 is 1.89 bits per heavy atom. The van der Waals surface area contributed by atoms with E-state index in [1.54, 1.807) is 0 Å². The third-order valence-electron chi connectivity index (χ3n) is 3.24. The Bertz CT molecular complexity index is 526. The van der Waals surface area contributed by atoms with Crippen molar-refractivity contribution >= 4 is 0 Å². The van der Waals surface area contributed by atoms with Crippen LogP contribution in [-0.2, 0) is 6.42 Å². The first-order valence-corrected chi connectivity index (χ1v) is 6.48. The average molecular weight is 237 g/mol. The van der Waals surface area contributed by atoms with Crippen LogP contribution in [0.2, 0.25) is 0 Å². The second kappa shape index (κ2) is 6.15. The molecule has 1 heterocycles. The number of rotatable bonds is 4. The molecule has 0 aliphatic carbocycles. The van der Waals surface area contributed by atoms with Crippen molar-refractivity contribution in [2.75, 3.05) is 0 Å². The van der Waals surface area contributed by atoms with E-state index in [0.29, 0.717) is 0 Å². The van der Waals surface area contributed by atoms with Gasteiger partial charge in [0, 0.05) is 11.8 Å². The van der Waals surface area contributed by atoms with E-state index in [1.165, 1.54) is 16.7 Å². The molecule has 0 amide bonds. The lowest BCUT2D eigenvalue weighted by Crippen LogP contribution is -1.94. The predicted molar refractivity (Wildman–Crippen MR) is 77.4 cm³/mol. The van der Waals surface area contributed by atoms with Gasteiger partial charge in [-0.3, -0.25) is 4.98 Å². The van der Waals surface area contributed by atoms with Crippen molar-refractivity contribution in [3.05, 3.63) is 65.9 Å². The van der Waals surface area contributed by atoms with Crippen LogP contribution < -0.4 is 0 Å². The molecular weight excluding hydrogens is 218 g/mol. The summed E-state index contributed by atoms with van der Waals surface area (Å²) >= 11 is 0. The molecule has 0 radical (unpaired) electrons. The minimum Gasteiger partial charge on any atom is -0.256 e. The van der Waals surface area contributed by atoms with Crippen LogP contribution in [0.1, 0.15) is 25.8 Å². The fraction of sp³-hybridized carbons (Fsp3) is 0.235. The highest BCUT2D eigenvalue weighted by molar-refractivity contribution is 5.64. The van der Waals surface area contributed by atoms with Crippen molar-refractivity contribution in [2.24, 2.45) is 0 Å². The number of nitrogens with zero attached hydrogens (tertiary/aromatic N) is 1. The number of aromatic nitrogens is 1. The molecule has 0 spiro atoms. The molecule has 1 nitrogen and oxygen atoms in total. The summed E-state index contributed by atoms with van der Waals surface area (Å²) in [7, 11) is 0. The van der Waals surface area contributed by atoms with Crippen LogP contribution in [0.4, 0.5) is 0 Å². The molecule has 0 fully saturated rings. The SMILES string of the molecule is C/C=C(\CC)Cc1ccccc1-c1ccccn1. The van der Waals surface area contributed by atoms with Crippen molar-refractivity contribution in [3.63, 3.8) is 0 Å². The molecule has 0 aliphatic heterocycles. The number of hydrogen-bond acceptors (Lipinski definition) is 1. The average Bonchev–Trinajstić information content (AvgIpc) is 2.46. The molecule has 0 atom stereocenters. The standard InChI is InChI=1S/C17H19N/c1-3-14(4-2)13-15-9-5-6-10-16(15)17-11-7-8-12-18-17/h3,5-12H,4,13H2,1-2H3/b14-3+. The minimum absolute atomic E-state index is 1.01. The maximum atomic E-state index is 4.45. The van der Waals surface area contributed by atoms with Crippen LogP contribution in [0.15, 0.2) is 60.3 Å². The summed E-state index contributed by atoms with van der Waals surface area (Å²) < 4.78 is 0. The van der Waals surface area contributed by atoms with Crippen LogP contribution in [0, 0.1) is 0 Å². The first kappa shape index (κ1) is 12.6. The number of allylic oxidation sites excluding steroid dienone is 2. The van der Waals surface area contributed by atoms with E-state index in [0.717, 1.165) is 18.5 Å². The molecular formula is C17H19N. The Balaban J connectivity index is 2.38. The van der Waals surface area contributed by atoms with Crippen molar-refractivity contribution in [3.8, 4) is 11.3 Å². The molecule has 0 aliphatic rings. The van der Waals surface area contributed by atoms with E-state index in [4.69, 9.17) is 0 Å². The summed E-state index contributed by atoms with van der Waals surface area (Å²) in [6, 6.07) is 14.6. The van der Waals surface area contributed by atoms with E-state index in [-0.39, 0.29) is 0 Å². The molecule has 18 heavy (non-hydrogen) atoms. The van der Waals surface area contributed by atoms with E-state index >= 15 is 0 Å². The van der Waals surface area contributed by atoms with Crippen molar-refractivity contribution in [1.29, 1.82) is 0 Å². The van der Waals surface area contributed by atoms with Gasteiger partial charge in [-0.25, -0.2) is 0 Å². The van der Waals surface area contributed by atoms with E-state index in [1.807, 2.05) is 18.3 Å². The van der Waals surface area contributed by atoms with Crippen molar-refractivity contribution in [1.82, 2.24) is 4.98 Å². The summed E-state index contributed by atoms with van der Waals surface area (Å²) in [6.45, 7) is 4.32. The summed E-state index contributed by atoms with van der Waals surface area (Å²) in [5.74, 6) is 0. The van der Waals surface area contributed by atoms with E-state index in [2.05, 4.69) is 55.2 Å². The Hall–Kier alpha value is -1.89. The summed E-state index contributed by atoms with van der Waals surface area (Å²) in [6.07, 6.45) is 6.19. The van der Waals surface area contributed by atoms with Crippen LogP contribution in [-0.4, -0.2) is 4.98 Å². The highest BCUT2D eigenvalue weighted by Crippen LogP contribution is 2.24. The fourth-order valence-corrected chi connectivity index (χ4v) is 2.12. The molecule has 0 bridgehead atoms. The van der Waals surface area contributed by atoms with Gasteiger partial charge in [-0.15, -0.1) is 0 Å². The molecule has 1 aromatic heterocycles. The lowest BCUT2D eigenvalue weighted by molar-refractivity contribution is 0.998. The number of benzene rings is 1. The highest BCUT2D eigenvalue weighted by atomic mass is 14.7. The summed E-state index contributed by atoms with van der Waals surface area (Å²) in [4.78, 5) is 4.45. The molecule has 0 N–H and O–H groups in total. The zero-order valence-electron chi connectivity index (χ0n) is 11.1. The Kier molecular flexibility index (Phi) is 4.30. The van der Waals surface area contributed by atoms with Crippen LogP contribution in [0.25, 0.3) is 11.3 Å². The fourth-order valence-electron chi connectivity index (χ4n) is 2.12. The maximum absolute atomic E-state index is 4.45. The first-order chi connectivity index (χ1) is 8.85. The quantitative estimate of drug-likeness (QED) is 0.705. The predicted octanol–water partition coefficient (Wildman–Crippen LogP) is 4.65. The molecule has 2 rings (SSSR count). The molecule has 1 heteroatoms. The van der Waals surface area contributed by atoms with Gasteiger partial charge >= 0.3 is 0 Å². The monoisotopic (exact) mass is 237 g/mol. The van der Waals surface area contributed by atoms with Crippen molar-refractivity contribution < 1.29 is 0 Å². The van der Waals surface area contributed by atoms with Gasteiger partial charge in [-0.2, -0.15) is 0 Å². The van der Waals surface area contributed by atoms with Gasteiger partial charge in [0.05, 0.1) is 5.69 Å². The normalized spacial score (nSPS) is 11.6. The largest absolute Gasteiger partial charge is 0.256 e. The van der Waals surface area contributed by atoms with Crippen molar-refractivity contribution in [2.45, 2.75) is 26.7 Å². The number of pyridine rings is 1. The third kappa shape index (κ3) is 2.86. The summed E-state index contributed by atoms with van der Waals surface area (Å²) in [5.41, 5.74) is 5.12. The molecule has 1 aromatic carbocycles.